The average Bonchev–Trinajstić information content (AvgIpc) is 2.28. The highest BCUT2D eigenvalue weighted by Crippen LogP contribution is 2.05. The van der Waals surface area contributed by atoms with Crippen molar-refractivity contribution in [3.05, 3.63) is 0 Å². The van der Waals surface area contributed by atoms with E-state index in [4.69, 9.17) is 12.2 Å². The second kappa shape index (κ2) is 8.11. The quantitative estimate of drug-likeness (QED) is 0.326. The Morgan fingerprint density at radius 3 is 1.87 bits per heavy atom. The van der Waals surface area contributed by atoms with Crippen molar-refractivity contribution in [2.75, 3.05) is 32.4 Å². The molecule has 0 spiro atoms. The van der Waals surface area contributed by atoms with Gasteiger partial charge in [0.15, 0.2) is 4.20 Å². The number of nitrogens with zero attached hydrogens (tertiary/aromatic N) is 2. The minimum atomic E-state index is 1.00. The van der Waals surface area contributed by atoms with Gasteiger partial charge in [-0.1, -0.05) is 12.2 Å². The van der Waals surface area contributed by atoms with Crippen LogP contribution in [0.1, 0.15) is 27.7 Å². The Bertz CT molecular complexity index is 227. The summed E-state index contributed by atoms with van der Waals surface area (Å²) in [7, 11) is 0. The van der Waals surface area contributed by atoms with Gasteiger partial charge in [-0.2, -0.15) is 0 Å². The highest BCUT2D eigenvalue weighted by Gasteiger charge is 2.23. The van der Waals surface area contributed by atoms with E-state index in [2.05, 4.69) is 43.4 Å². The molecular weight excluding hydrogens is 224 g/mol. The molecule has 0 atom stereocenters. The second-order valence-electron chi connectivity index (χ2n) is 3.16. The fourth-order valence-corrected chi connectivity index (χ4v) is 2.29. The highest BCUT2D eigenvalue weighted by molar-refractivity contribution is 8.24. The molecule has 0 aromatic heterocycles. The Hall–Kier alpha value is -0.0900. The Labute approximate surface area is 104 Å². The van der Waals surface area contributed by atoms with E-state index in [-0.39, 0.29) is 0 Å². The van der Waals surface area contributed by atoms with Crippen LogP contribution in [0.2, 0.25) is 0 Å². The predicted octanol–water partition coefficient (Wildman–Crippen LogP) is 2.47. The Kier molecular flexibility index (Phi) is 8.06. The second-order valence-corrected chi connectivity index (χ2v) is 4.64. The van der Waals surface area contributed by atoms with Gasteiger partial charge in [-0.05, 0) is 34.0 Å². The van der Waals surface area contributed by atoms with Crippen LogP contribution in [0.5, 0.6) is 0 Å². The van der Waals surface area contributed by atoms with E-state index < -0.39 is 0 Å². The molecule has 0 unspecified atom stereocenters. The van der Waals surface area contributed by atoms with Crippen molar-refractivity contribution < 1.29 is 4.58 Å². The SMILES string of the molecule is CCN(CC)C(C(=S)SC)=[N+](CC)CC. The molecule has 15 heavy (non-hydrogen) atoms. The van der Waals surface area contributed by atoms with Crippen molar-refractivity contribution in [2.24, 2.45) is 0 Å². The Morgan fingerprint density at radius 1 is 1.13 bits per heavy atom. The molecule has 0 saturated heterocycles. The first-order chi connectivity index (χ1) is 7.15. The fraction of sp³-hybridized carbons (Fsp3) is 0.818. The summed E-state index contributed by atoms with van der Waals surface area (Å²) in [4.78, 5) is 2.34. The van der Waals surface area contributed by atoms with E-state index in [0.717, 1.165) is 30.4 Å². The maximum absolute atomic E-state index is 5.44. The molecule has 2 nitrogen and oxygen atoms in total. The third kappa shape index (κ3) is 4.11. The summed E-state index contributed by atoms with van der Waals surface area (Å²) in [5.41, 5.74) is 0. The van der Waals surface area contributed by atoms with Gasteiger partial charge in [-0.15, -0.1) is 11.8 Å². The molecule has 0 amide bonds. The Morgan fingerprint density at radius 2 is 1.60 bits per heavy atom. The molecule has 0 aromatic rings. The minimum absolute atomic E-state index is 1.00. The van der Waals surface area contributed by atoms with Gasteiger partial charge in [-0.3, -0.25) is 9.48 Å². The number of rotatable bonds is 4. The molecule has 0 fully saturated rings. The van der Waals surface area contributed by atoms with Gasteiger partial charge in [-0.25, -0.2) is 0 Å². The standard InChI is InChI=1S/C11H23N2S2/c1-6-12(7-2)10(11(14)15-5)13(8-3)9-4/h6-9H2,1-5H3/q+1. The van der Waals surface area contributed by atoms with Crippen LogP contribution in [-0.2, 0) is 0 Å². The zero-order chi connectivity index (χ0) is 11.8. The summed E-state index contributed by atoms with van der Waals surface area (Å²) in [6.07, 6.45) is 2.05. The van der Waals surface area contributed by atoms with Crippen molar-refractivity contribution in [3.8, 4) is 0 Å². The van der Waals surface area contributed by atoms with Crippen LogP contribution in [0.25, 0.3) is 0 Å². The molecule has 0 aliphatic rings. The fourth-order valence-electron chi connectivity index (χ4n) is 1.60. The zero-order valence-corrected chi connectivity index (χ0v) is 12.2. The largest absolute Gasteiger partial charge is 0.296 e. The van der Waals surface area contributed by atoms with E-state index in [9.17, 15) is 0 Å². The summed E-state index contributed by atoms with van der Waals surface area (Å²) in [5, 5.41) is 0. The van der Waals surface area contributed by atoms with Crippen molar-refractivity contribution in [3.63, 3.8) is 0 Å². The van der Waals surface area contributed by atoms with Crippen LogP contribution in [-0.4, -0.2) is 51.9 Å². The molecule has 0 aliphatic heterocycles. The maximum atomic E-state index is 5.44. The summed E-state index contributed by atoms with van der Waals surface area (Å²) in [6.45, 7) is 12.8. The lowest BCUT2D eigenvalue weighted by atomic mass is 10.4. The van der Waals surface area contributed by atoms with Crippen molar-refractivity contribution >= 4 is 34.0 Å². The van der Waals surface area contributed by atoms with Gasteiger partial charge in [0, 0.05) is 0 Å². The van der Waals surface area contributed by atoms with Gasteiger partial charge in [0.05, 0.1) is 26.2 Å². The highest BCUT2D eigenvalue weighted by atomic mass is 32.2. The number of thioether (sulfide) groups is 1. The molecular formula is C11H23N2S2+. The molecule has 0 heterocycles. The van der Waals surface area contributed by atoms with Gasteiger partial charge in [0.1, 0.15) is 0 Å². The Balaban J connectivity index is 5.18. The van der Waals surface area contributed by atoms with Gasteiger partial charge < -0.3 is 0 Å². The van der Waals surface area contributed by atoms with Gasteiger partial charge in [0.25, 0.3) is 5.84 Å². The van der Waals surface area contributed by atoms with E-state index in [0.29, 0.717) is 0 Å². The molecule has 0 aromatic carbocycles. The maximum Gasteiger partial charge on any atom is 0.296 e. The van der Waals surface area contributed by atoms with Crippen molar-refractivity contribution in [2.45, 2.75) is 27.7 Å². The molecule has 88 valence electrons. The number of amidine groups is 1. The molecule has 0 saturated carbocycles. The molecule has 4 heteroatoms. The number of hydrogen-bond donors (Lipinski definition) is 0. The van der Waals surface area contributed by atoms with Crippen molar-refractivity contribution in [1.82, 2.24) is 4.90 Å². The monoisotopic (exact) mass is 247 g/mol. The number of thiocarbonyl (C=S) groups is 1. The van der Waals surface area contributed by atoms with Crippen molar-refractivity contribution in [1.29, 1.82) is 0 Å². The molecule has 0 bridgehead atoms. The molecule has 0 aliphatic carbocycles. The van der Waals surface area contributed by atoms with Crippen LogP contribution in [0.3, 0.4) is 0 Å². The molecule has 0 N–H and O–H groups in total. The first kappa shape index (κ1) is 14.9. The lowest BCUT2D eigenvalue weighted by Gasteiger charge is -2.19. The van der Waals surface area contributed by atoms with E-state index in [1.807, 2.05) is 0 Å². The van der Waals surface area contributed by atoms with Crippen LogP contribution in [0.15, 0.2) is 0 Å². The zero-order valence-electron chi connectivity index (χ0n) is 10.5. The summed E-state index contributed by atoms with van der Waals surface area (Å²) in [6, 6.07) is 0. The smallest absolute Gasteiger partial charge is 0.261 e. The third-order valence-electron chi connectivity index (χ3n) is 2.49. The number of hydrogen-bond acceptors (Lipinski definition) is 2. The normalized spacial score (nSPS) is 9.93. The lowest BCUT2D eigenvalue weighted by Crippen LogP contribution is -2.42. The first-order valence-electron chi connectivity index (χ1n) is 5.61. The molecule has 0 rings (SSSR count). The summed E-state index contributed by atoms with van der Waals surface area (Å²) < 4.78 is 3.34. The summed E-state index contributed by atoms with van der Waals surface area (Å²) >= 11 is 7.10. The van der Waals surface area contributed by atoms with Crippen LogP contribution in [0.4, 0.5) is 0 Å². The predicted molar refractivity (Wildman–Crippen MR) is 75.4 cm³/mol. The van der Waals surface area contributed by atoms with Gasteiger partial charge >= 0.3 is 0 Å². The minimum Gasteiger partial charge on any atom is -0.261 e. The van der Waals surface area contributed by atoms with E-state index >= 15 is 0 Å². The van der Waals surface area contributed by atoms with E-state index in [1.165, 1.54) is 5.84 Å². The van der Waals surface area contributed by atoms with Gasteiger partial charge in [0.2, 0.25) is 0 Å². The molecule has 0 radical (unpaired) electrons. The van der Waals surface area contributed by atoms with Crippen LogP contribution in [0, 0.1) is 0 Å². The van der Waals surface area contributed by atoms with E-state index in [1.54, 1.807) is 11.8 Å². The topological polar surface area (TPSA) is 6.25 Å². The summed E-state index contributed by atoms with van der Waals surface area (Å²) in [5.74, 6) is 1.23. The first-order valence-corrected chi connectivity index (χ1v) is 7.24. The average molecular weight is 247 g/mol. The lowest BCUT2D eigenvalue weighted by molar-refractivity contribution is -0.523. The van der Waals surface area contributed by atoms with Crippen LogP contribution >= 0.6 is 24.0 Å². The van der Waals surface area contributed by atoms with Crippen LogP contribution < -0.4 is 0 Å². The third-order valence-corrected chi connectivity index (χ3v) is 3.73.